The molecule has 1 spiro atoms. The van der Waals surface area contributed by atoms with Gasteiger partial charge < -0.3 is 0 Å². The van der Waals surface area contributed by atoms with Gasteiger partial charge >= 0.3 is 0 Å². The lowest BCUT2D eigenvalue weighted by Gasteiger charge is -2.48. The predicted octanol–water partition coefficient (Wildman–Crippen LogP) is 1.55. The van der Waals surface area contributed by atoms with Gasteiger partial charge in [0.1, 0.15) is 0 Å². The standard InChI is InChI=1S/C15H24N2O2/c1-10(2)13-14(19)16-12(18)9-15(13)6-8-17-7-4-3-5-11(15)17/h10-11,13H,3-9H2,1-2H3,(H,16,18,19). The molecule has 3 rings (SSSR count). The molecule has 3 aliphatic rings. The van der Waals surface area contributed by atoms with Gasteiger partial charge in [0.25, 0.3) is 0 Å². The summed E-state index contributed by atoms with van der Waals surface area (Å²) in [5.41, 5.74) is -0.0893. The van der Waals surface area contributed by atoms with Crippen LogP contribution in [0.15, 0.2) is 0 Å². The van der Waals surface area contributed by atoms with Gasteiger partial charge in [-0.15, -0.1) is 0 Å². The van der Waals surface area contributed by atoms with E-state index in [0.717, 1.165) is 25.9 Å². The molecule has 0 aliphatic carbocycles. The number of carbonyl (C=O) groups is 2. The Morgan fingerprint density at radius 1 is 1.26 bits per heavy atom. The van der Waals surface area contributed by atoms with Crippen molar-refractivity contribution in [3.63, 3.8) is 0 Å². The summed E-state index contributed by atoms with van der Waals surface area (Å²) < 4.78 is 0. The van der Waals surface area contributed by atoms with Crippen LogP contribution in [0.4, 0.5) is 0 Å². The molecule has 0 aromatic heterocycles. The lowest BCUT2D eigenvalue weighted by molar-refractivity contribution is -0.148. The molecule has 4 nitrogen and oxygen atoms in total. The van der Waals surface area contributed by atoms with Crippen LogP contribution in [0.3, 0.4) is 0 Å². The minimum Gasteiger partial charge on any atom is -0.300 e. The highest BCUT2D eigenvalue weighted by Gasteiger charge is 2.58. The highest BCUT2D eigenvalue weighted by atomic mass is 16.2. The Labute approximate surface area is 114 Å². The van der Waals surface area contributed by atoms with Crippen molar-refractivity contribution in [2.75, 3.05) is 13.1 Å². The Morgan fingerprint density at radius 2 is 2.05 bits per heavy atom. The van der Waals surface area contributed by atoms with Crippen molar-refractivity contribution in [1.29, 1.82) is 0 Å². The third-order valence-electron chi connectivity index (χ3n) is 5.46. The van der Waals surface area contributed by atoms with Gasteiger partial charge in [0.2, 0.25) is 11.8 Å². The summed E-state index contributed by atoms with van der Waals surface area (Å²) >= 11 is 0. The van der Waals surface area contributed by atoms with Gasteiger partial charge in [0, 0.05) is 23.8 Å². The zero-order valence-electron chi connectivity index (χ0n) is 11.9. The van der Waals surface area contributed by atoms with Crippen LogP contribution in [0.2, 0.25) is 0 Å². The number of amides is 2. The molecule has 0 radical (unpaired) electrons. The van der Waals surface area contributed by atoms with Crippen molar-refractivity contribution < 1.29 is 9.59 Å². The van der Waals surface area contributed by atoms with Crippen LogP contribution < -0.4 is 5.32 Å². The summed E-state index contributed by atoms with van der Waals surface area (Å²) in [6, 6.07) is 0.448. The Morgan fingerprint density at radius 3 is 2.79 bits per heavy atom. The molecule has 0 aromatic rings. The molecule has 4 heteroatoms. The van der Waals surface area contributed by atoms with Crippen LogP contribution in [0.5, 0.6) is 0 Å². The zero-order valence-corrected chi connectivity index (χ0v) is 11.9. The Hall–Kier alpha value is -0.900. The molecule has 3 atom stereocenters. The third-order valence-corrected chi connectivity index (χ3v) is 5.46. The molecule has 1 N–H and O–H groups in total. The number of carbonyl (C=O) groups excluding carboxylic acids is 2. The first-order valence-electron chi connectivity index (χ1n) is 7.62. The van der Waals surface area contributed by atoms with Gasteiger partial charge in [-0.05, 0) is 38.3 Å². The molecule has 3 aliphatic heterocycles. The smallest absolute Gasteiger partial charge is 0.230 e. The molecule has 106 valence electrons. The third kappa shape index (κ3) is 1.92. The van der Waals surface area contributed by atoms with Crippen molar-refractivity contribution in [3.8, 4) is 0 Å². The first-order valence-corrected chi connectivity index (χ1v) is 7.62. The minimum atomic E-state index is -0.0893. The van der Waals surface area contributed by atoms with E-state index in [-0.39, 0.29) is 23.1 Å². The van der Waals surface area contributed by atoms with Gasteiger partial charge in [-0.1, -0.05) is 20.3 Å². The lowest BCUT2D eigenvalue weighted by atomic mass is 9.60. The fourth-order valence-corrected chi connectivity index (χ4v) is 4.89. The largest absolute Gasteiger partial charge is 0.300 e. The maximum Gasteiger partial charge on any atom is 0.230 e. The van der Waals surface area contributed by atoms with E-state index >= 15 is 0 Å². The number of nitrogens with zero attached hydrogens (tertiary/aromatic N) is 1. The number of hydrogen-bond acceptors (Lipinski definition) is 3. The monoisotopic (exact) mass is 264 g/mol. The van der Waals surface area contributed by atoms with Crippen LogP contribution in [0, 0.1) is 17.3 Å². The number of hydrogen-bond donors (Lipinski definition) is 1. The zero-order chi connectivity index (χ0) is 13.6. The van der Waals surface area contributed by atoms with E-state index in [4.69, 9.17) is 0 Å². The second kappa shape index (κ2) is 4.58. The maximum absolute atomic E-state index is 12.3. The number of piperidine rings is 2. The number of nitrogens with one attached hydrogen (secondary N) is 1. The summed E-state index contributed by atoms with van der Waals surface area (Å²) in [6.45, 7) is 6.45. The van der Waals surface area contributed by atoms with E-state index in [2.05, 4.69) is 24.1 Å². The van der Waals surface area contributed by atoms with Crippen molar-refractivity contribution in [2.45, 2.75) is 52.0 Å². The predicted molar refractivity (Wildman–Crippen MR) is 72.4 cm³/mol. The second-order valence-electron chi connectivity index (χ2n) is 6.84. The van der Waals surface area contributed by atoms with Crippen molar-refractivity contribution in [3.05, 3.63) is 0 Å². The van der Waals surface area contributed by atoms with Crippen LogP contribution in [0.1, 0.15) is 46.0 Å². The normalized spacial score (nSPS) is 39.7. The molecule has 3 saturated heterocycles. The van der Waals surface area contributed by atoms with E-state index in [1.807, 2.05) is 0 Å². The number of imide groups is 1. The molecule has 0 bridgehead atoms. The van der Waals surface area contributed by atoms with Crippen molar-refractivity contribution >= 4 is 11.8 Å². The van der Waals surface area contributed by atoms with Crippen LogP contribution in [-0.4, -0.2) is 35.8 Å². The topological polar surface area (TPSA) is 49.4 Å². The van der Waals surface area contributed by atoms with E-state index in [1.54, 1.807) is 0 Å². The quantitative estimate of drug-likeness (QED) is 0.731. The van der Waals surface area contributed by atoms with Crippen LogP contribution in [0.25, 0.3) is 0 Å². The van der Waals surface area contributed by atoms with E-state index < -0.39 is 0 Å². The summed E-state index contributed by atoms with van der Waals surface area (Å²) in [5, 5.41) is 2.56. The highest BCUT2D eigenvalue weighted by molar-refractivity contribution is 6.00. The van der Waals surface area contributed by atoms with E-state index in [1.165, 1.54) is 12.8 Å². The lowest BCUT2D eigenvalue weighted by Crippen LogP contribution is -2.58. The molecular weight excluding hydrogens is 240 g/mol. The fourth-order valence-electron chi connectivity index (χ4n) is 4.89. The van der Waals surface area contributed by atoms with Crippen molar-refractivity contribution in [2.24, 2.45) is 17.3 Å². The summed E-state index contributed by atoms with van der Waals surface area (Å²) in [6.07, 6.45) is 5.22. The van der Waals surface area contributed by atoms with Gasteiger partial charge in [0.05, 0.1) is 0 Å². The SMILES string of the molecule is CC(C)C1C(=O)NC(=O)CC12CCN1CCCCC12. The average molecular weight is 264 g/mol. The summed E-state index contributed by atoms with van der Waals surface area (Å²) in [5.74, 6) is 0.210. The Balaban J connectivity index is 1.98. The molecule has 3 heterocycles. The first-order chi connectivity index (χ1) is 9.04. The molecular formula is C15H24N2O2. The minimum absolute atomic E-state index is 0.00157. The van der Waals surface area contributed by atoms with E-state index in [9.17, 15) is 9.59 Å². The Bertz CT molecular complexity index is 407. The van der Waals surface area contributed by atoms with Gasteiger partial charge in [-0.25, -0.2) is 0 Å². The Kier molecular flexibility index (Phi) is 3.16. The summed E-state index contributed by atoms with van der Waals surface area (Å²) in [4.78, 5) is 26.8. The first kappa shape index (κ1) is 13.1. The highest BCUT2D eigenvalue weighted by Crippen LogP contribution is 2.52. The van der Waals surface area contributed by atoms with Crippen LogP contribution >= 0.6 is 0 Å². The van der Waals surface area contributed by atoms with Crippen molar-refractivity contribution in [1.82, 2.24) is 10.2 Å². The molecule has 19 heavy (non-hydrogen) atoms. The maximum atomic E-state index is 12.3. The number of rotatable bonds is 1. The van der Waals surface area contributed by atoms with Gasteiger partial charge in [-0.2, -0.15) is 0 Å². The fraction of sp³-hybridized carbons (Fsp3) is 0.867. The second-order valence-corrected chi connectivity index (χ2v) is 6.84. The number of fused-ring (bicyclic) bond motifs is 2. The molecule has 0 aromatic carbocycles. The molecule has 0 saturated carbocycles. The molecule has 3 fully saturated rings. The van der Waals surface area contributed by atoms with Crippen LogP contribution in [-0.2, 0) is 9.59 Å². The van der Waals surface area contributed by atoms with Gasteiger partial charge in [0.15, 0.2) is 0 Å². The summed E-state index contributed by atoms with van der Waals surface area (Å²) in [7, 11) is 0. The molecule has 3 unspecified atom stereocenters. The van der Waals surface area contributed by atoms with E-state index in [0.29, 0.717) is 18.4 Å². The molecule has 2 amide bonds. The van der Waals surface area contributed by atoms with Gasteiger partial charge in [-0.3, -0.25) is 19.8 Å². The average Bonchev–Trinajstić information content (AvgIpc) is 2.68.